The molecule has 1 unspecified atom stereocenters. The Balaban J connectivity index is 1.52. The number of piperazine rings is 1. The van der Waals surface area contributed by atoms with Gasteiger partial charge in [0, 0.05) is 0 Å². The van der Waals surface area contributed by atoms with Gasteiger partial charge in [-0.05, 0) is 0 Å². The molecule has 0 bridgehead atoms. The first-order chi connectivity index (χ1) is 14.5. The fourth-order valence-electron chi connectivity index (χ4n) is 3.86. The molecule has 154 valence electrons. The summed E-state index contributed by atoms with van der Waals surface area (Å²) in [7, 11) is 0. The number of anilines is 1. The second-order valence-corrected chi connectivity index (χ2v) is 8.65. The van der Waals surface area contributed by atoms with E-state index in [-0.39, 0.29) is 6.42 Å². The van der Waals surface area contributed by atoms with Crippen molar-refractivity contribution >= 4 is 51.1 Å². The molecule has 1 saturated heterocycles. The number of hydrogen-bond acceptors (Lipinski definition) is 4. The van der Waals surface area contributed by atoms with Crippen molar-refractivity contribution in [3.05, 3.63) is 65.4 Å². The van der Waals surface area contributed by atoms with E-state index in [0.717, 1.165) is 16.7 Å². The van der Waals surface area contributed by atoms with Gasteiger partial charge in [-0.1, -0.05) is 6.07 Å². The zero-order valence-corrected chi connectivity index (χ0v) is 19.0. The zero-order chi connectivity index (χ0) is 21.1. The van der Waals surface area contributed by atoms with E-state index >= 15 is 4.39 Å². The molecule has 0 N–H and O–H groups in total. The number of hydrogen-bond donors (Lipinski definition) is 0. The summed E-state index contributed by atoms with van der Waals surface area (Å²) in [4.78, 5) is 25.7. The predicted molar refractivity (Wildman–Crippen MR) is 118 cm³/mol. The summed E-state index contributed by atoms with van der Waals surface area (Å²) in [6.07, 6.45) is 1.67. The molecule has 2 heterocycles. The monoisotopic (exact) mass is 486 g/mol. The van der Waals surface area contributed by atoms with Crippen LogP contribution < -0.4 is 4.90 Å². The van der Waals surface area contributed by atoms with Gasteiger partial charge in [0.2, 0.25) is 0 Å². The van der Waals surface area contributed by atoms with E-state index in [2.05, 4.69) is 31.7 Å². The van der Waals surface area contributed by atoms with Crippen molar-refractivity contribution in [2.75, 3.05) is 31.1 Å². The first-order valence-corrected chi connectivity index (χ1v) is 11.5. The number of carbonyl (C=O) groups is 1. The van der Waals surface area contributed by atoms with Crippen molar-refractivity contribution in [1.82, 2.24) is 14.9 Å². The number of rotatable bonds is 5. The molecule has 1 fully saturated rings. The Labute approximate surface area is 188 Å². The van der Waals surface area contributed by atoms with Crippen molar-refractivity contribution in [1.29, 1.82) is 0 Å². The van der Waals surface area contributed by atoms with Gasteiger partial charge in [-0.2, -0.15) is 0 Å². The Morgan fingerprint density at radius 1 is 1.07 bits per heavy atom. The van der Waals surface area contributed by atoms with Gasteiger partial charge in [-0.3, -0.25) is 0 Å². The summed E-state index contributed by atoms with van der Waals surface area (Å²) < 4.78 is 16.0. The molecule has 0 saturated carbocycles. The van der Waals surface area contributed by atoms with Crippen LogP contribution in [0.1, 0.15) is 12.0 Å². The second kappa shape index (κ2) is 8.91. The van der Waals surface area contributed by atoms with Crippen molar-refractivity contribution in [3.63, 3.8) is 0 Å². The zero-order valence-electron chi connectivity index (χ0n) is 16.3. The molecule has 2 aromatic carbocycles. The van der Waals surface area contributed by atoms with Crippen LogP contribution in [0.2, 0.25) is 10.2 Å². The van der Waals surface area contributed by atoms with Gasteiger partial charge >= 0.3 is 183 Å². The molecule has 30 heavy (non-hydrogen) atoms. The molecule has 3 aromatic rings. The number of nitrogens with zero attached hydrogens (tertiary/aromatic N) is 4. The molecule has 0 spiro atoms. The topological polar surface area (TPSA) is 49.3 Å². The maximum absolute atomic E-state index is 16.0. The van der Waals surface area contributed by atoms with Crippen molar-refractivity contribution < 1.29 is 9.18 Å². The van der Waals surface area contributed by atoms with Crippen LogP contribution in [0, 0.1) is 0 Å². The van der Waals surface area contributed by atoms with Crippen LogP contribution in [0.25, 0.3) is 10.9 Å². The van der Waals surface area contributed by atoms with Crippen molar-refractivity contribution in [3.8, 4) is 0 Å². The van der Waals surface area contributed by atoms with E-state index in [1.807, 2.05) is 24.3 Å². The third-order valence-corrected chi connectivity index (χ3v) is 6.21. The average Bonchev–Trinajstić information content (AvgIpc) is 2.79. The SMILES string of the molecule is O=C(N1CCN(c2ncnc3ccccc23)CC1)C(F)(CC[As])c1ccc(Cl)cc1. The predicted octanol–water partition coefficient (Wildman–Crippen LogP) is 3.77. The van der Waals surface area contributed by atoms with E-state index in [4.69, 9.17) is 11.6 Å². The fourth-order valence-corrected chi connectivity index (χ4v) is 4.63. The van der Waals surface area contributed by atoms with Gasteiger partial charge in [0.1, 0.15) is 0 Å². The number of amides is 1. The first kappa shape index (κ1) is 21.1. The van der Waals surface area contributed by atoms with Crippen LogP contribution in [-0.2, 0) is 10.5 Å². The van der Waals surface area contributed by atoms with Gasteiger partial charge in [-0.15, -0.1) is 0 Å². The molecule has 2 radical (unpaired) electrons. The minimum absolute atomic E-state index is 0.115. The summed E-state index contributed by atoms with van der Waals surface area (Å²) in [5, 5.41) is 2.00. The number of carbonyl (C=O) groups excluding carboxylic acids is 1. The Morgan fingerprint density at radius 2 is 1.77 bits per heavy atom. The number of aromatic nitrogens is 2. The minimum atomic E-state index is -2.05. The van der Waals surface area contributed by atoms with Gasteiger partial charge in [0.25, 0.3) is 0 Å². The third-order valence-electron chi connectivity index (χ3n) is 5.49. The molecule has 1 aliphatic rings. The fraction of sp³-hybridized carbons (Fsp3) is 0.318. The van der Waals surface area contributed by atoms with Crippen LogP contribution in [0.15, 0.2) is 54.9 Å². The maximum atomic E-state index is 16.0. The van der Waals surface area contributed by atoms with E-state index in [1.54, 1.807) is 35.5 Å². The van der Waals surface area contributed by atoms with Crippen LogP contribution in [0.5, 0.6) is 0 Å². The van der Waals surface area contributed by atoms with Crippen LogP contribution in [0.3, 0.4) is 0 Å². The van der Waals surface area contributed by atoms with Gasteiger partial charge in [0.15, 0.2) is 0 Å². The molecule has 1 aliphatic heterocycles. The Morgan fingerprint density at radius 3 is 2.47 bits per heavy atom. The quantitative estimate of drug-likeness (QED) is 0.515. The van der Waals surface area contributed by atoms with E-state index in [1.165, 1.54) is 0 Å². The number of halogens is 2. The molecular formula is C22H21AsClFN4O. The number of fused-ring (bicyclic) bond motifs is 1. The average molecular weight is 487 g/mol. The molecule has 1 aromatic heterocycles. The molecule has 5 nitrogen and oxygen atoms in total. The number of para-hydroxylation sites is 1. The molecule has 1 amide bonds. The van der Waals surface area contributed by atoms with Crippen LogP contribution in [-0.4, -0.2) is 63.8 Å². The van der Waals surface area contributed by atoms with E-state index in [9.17, 15) is 4.79 Å². The van der Waals surface area contributed by atoms with Crippen molar-refractivity contribution in [2.45, 2.75) is 17.3 Å². The van der Waals surface area contributed by atoms with Crippen LogP contribution >= 0.6 is 11.6 Å². The summed E-state index contributed by atoms with van der Waals surface area (Å²) >= 11 is 8.30. The second-order valence-electron chi connectivity index (χ2n) is 7.28. The molecule has 4 rings (SSSR count). The van der Waals surface area contributed by atoms with Gasteiger partial charge in [0.05, 0.1) is 0 Å². The molecule has 0 aliphatic carbocycles. The Kier molecular flexibility index (Phi) is 6.26. The van der Waals surface area contributed by atoms with Gasteiger partial charge in [-0.25, -0.2) is 0 Å². The van der Waals surface area contributed by atoms with E-state index < -0.39 is 11.6 Å². The Bertz CT molecular complexity index is 1040. The standard InChI is InChI=1S/C22H21AsClFN4O/c23-10-9-22(25,16-5-7-17(24)8-6-16)21(30)29-13-11-28(12-14-29)20-18-3-1-2-4-19(18)26-15-27-20/h1-8,15H,9-14H2. The summed E-state index contributed by atoms with van der Waals surface area (Å²) in [6, 6.07) is 14.3. The van der Waals surface area contributed by atoms with Crippen LogP contribution in [0.4, 0.5) is 10.2 Å². The summed E-state index contributed by atoms with van der Waals surface area (Å²) in [6.45, 7) is 2.06. The third kappa shape index (κ3) is 4.03. The molecule has 1 atom stereocenters. The number of benzene rings is 2. The van der Waals surface area contributed by atoms with Gasteiger partial charge < -0.3 is 0 Å². The first-order valence-electron chi connectivity index (χ1n) is 9.83. The van der Waals surface area contributed by atoms with Crippen molar-refractivity contribution in [2.24, 2.45) is 0 Å². The molecule has 8 heteroatoms. The Hall–Kier alpha value is -2.17. The normalized spacial score (nSPS) is 16.5. The summed E-state index contributed by atoms with van der Waals surface area (Å²) in [5.74, 6) is 0.367. The van der Waals surface area contributed by atoms with E-state index in [0.29, 0.717) is 42.0 Å². The molecular weight excluding hydrogens is 466 g/mol. The number of alkyl halides is 1. The summed E-state index contributed by atoms with van der Waals surface area (Å²) in [5.41, 5.74) is -0.818.